The quantitative estimate of drug-likeness (QED) is 0.183. The molecule has 1 amide bonds. The number of likely N-dealkylation sites (tertiary alicyclic amines) is 1. The molecule has 2 aliphatic rings. The number of benzene rings is 1. The molecule has 0 N–H and O–H groups in total. The highest BCUT2D eigenvalue weighted by Gasteiger charge is 2.44. The first kappa shape index (κ1) is 27.8. The number of ether oxygens (including phenoxy) is 1. The van der Waals surface area contributed by atoms with Gasteiger partial charge < -0.3 is 9.64 Å². The van der Waals surface area contributed by atoms with E-state index >= 15 is 0 Å². The number of hydrogen-bond donors (Lipinski definition) is 0. The van der Waals surface area contributed by atoms with Gasteiger partial charge in [-0.3, -0.25) is 9.59 Å². The lowest BCUT2D eigenvalue weighted by Gasteiger charge is -2.40. The Labute approximate surface area is 214 Å². The van der Waals surface area contributed by atoms with Crippen LogP contribution in [-0.4, -0.2) is 28.7 Å². The molecule has 6 heteroatoms. The van der Waals surface area contributed by atoms with Crippen LogP contribution in [0.3, 0.4) is 0 Å². The molecule has 1 aromatic rings. The molecular weight excluding hydrogens is 460 g/mol. The molecule has 1 saturated heterocycles. The number of amides is 1. The fourth-order valence-corrected chi connectivity index (χ4v) is 5.12. The van der Waals surface area contributed by atoms with Crippen LogP contribution in [0.15, 0.2) is 54.3 Å². The number of rotatable bonds is 11. The number of nitrogens with zero attached hydrogens (tertiary/aromatic N) is 1. The van der Waals surface area contributed by atoms with E-state index in [4.69, 9.17) is 4.74 Å². The summed E-state index contributed by atoms with van der Waals surface area (Å²) < 4.78 is 33.7. The van der Waals surface area contributed by atoms with Crippen LogP contribution in [-0.2, 0) is 14.3 Å². The second kappa shape index (κ2) is 12.5. The summed E-state index contributed by atoms with van der Waals surface area (Å²) in [5, 5.41) is 0. The fourth-order valence-electron chi connectivity index (χ4n) is 5.12. The van der Waals surface area contributed by atoms with E-state index in [0.29, 0.717) is 36.2 Å². The number of hydrogen-bond acceptors (Lipinski definition) is 3. The van der Waals surface area contributed by atoms with E-state index in [1.807, 2.05) is 37.8 Å². The first-order chi connectivity index (χ1) is 17.1. The lowest BCUT2D eigenvalue weighted by molar-refractivity contribution is -0.146. The number of carbonyl (C=O) groups is 2. The normalized spacial score (nSPS) is 24.3. The van der Waals surface area contributed by atoms with Gasteiger partial charge in [-0.15, -0.1) is 0 Å². The zero-order valence-electron chi connectivity index (χ0n) is 21.9. The van der Waals surface area contributed by atoms with Crippen molar-refractivity contribution in [2.75, 3.05) is 0 Å². The fraction of sp³-hybridized carbons (Fsp3) is 0.533. The number of Topliss-reactive ketones (excluding diaryl/α,β-unsaturated/α-hetero) is 1. The summed E-state index contributed by atoms with van der Waals surface area (Å²) in [5.41, 5.74) is 1.09. The smallest absolute Gasteiger partial charge is 0.226 e. The maximum absolute atomic E-state index is 13.9. The Bertz CT molecular complexity index is 1000. The summed E-state index contributed by atoms with van der Waals surface area (Å²) >= 11 is 0. The third-order valence-electron chi connectivity index (χ3n) is 7.14. The van der Waals surface area contributed by atoms with Crippen LogP contribution in [0.1, 0.15) is 84.2 Å². The first-order valence-corrected chi connectivity index (χ1v) is 13.2. The number of ketones is 1. The van der Waals surface area contributed by atoms with Crippen molar-refractivity contribution in [3.8, 4) is 0 Å². The Morgan fingerprint density at radius 2 is 1.81 bits per heavy atom. The molecular formula is C30H39F2NO3. The average molecular weight is 500 g/mol. The molecule has 0 aromatic heterocycles. The van der Waals surface area contributed by atoms with E-state index in [1.165, 1.54) is 12.1 Å². The van der Waals surface area contributed by atoms with E-state index in [0.717, 1.165) is 31.7 Å². The third kappa shape index (κ3) is 6.71. The second-order valence-corrected chi connectivity index (χ2v) is 10.3. The Morgan fingerprint density at radius 3 is 2.39 bits per heavy atom. The zero-order valence-corrected chi connectivity index (χ0v) is 21.9. The van der Waals surface area contributed by atoms with Crippen LogP contribution in [0, 0.1) is 23.5 Å². The van der Waals surface area contributed by atoms with E-state index in [9.17, 15) is 18.4 Å². The molecule has 1 aromatic carbocycles. The van der Waals surface area contributed by atoms with Crippen molar-refractivity contribution in [1.29, 1.82) is 0 Å². The SMILES string of the molecule is C=C(/C=C(\C=C/CCC)C(=O)C(C)C)OC1CC(C(=O)N2C(CC)CCC2c2cc(F)cc(F)c2)C1. The van der Waals surface area contributed by atoms with Crippen molar-refractivity contribution in [3.05, 3.63) is 71.5 Å². The topological polar surface area (TPSA) is 46.6 Å². The van der Waals surface area contributed by atoms with Crippen molar-refractivity contribution >= 4 is 11.7 Å². The van der Waals surface area contributed by atoms with E-state index in [1.54, 1.807) is 6.08 Å². The maximum Gasteiger partial charge on any atom is 0.226 e. The lowest BCUT2D eigenvalue weighted by Crippen LogP contribution is -2.47. The number of allylic oxidation sites excluding steroid dienone is 4. The number of halogens is 2. The van der Waals surface area contributed by atoms with Crippen molar-refractivity contribution < 1.29 is 23.1 Å². The Balaban J connectivity index is 1.64. The predicted molar refractivity (Wildman–Crippen MR) is 138 cm³/mol. The zero-order chi connectivity index (χ0) is 26.4. The van der Waals surface area contributed by atoms with Crippen LogP contribution >= 0.6 is 0 Å². The highest BCUT2D eigenvalue weighted by atomic mass is 19.1. The molecule has 36 heavy (non-hydrogen) atoms. The molecule has 1 heterocycles. The molecule has 1 aliphatic carbocycles. The molecule has 0 spiro atoms. The molecule has 2 atom stereocenters. The lowest BCUT2D eigenvalue weighted by atomic mass is 9.80. The Kier molecular flexibility index (Phi) is 9.63. The summed E-state index contributed by atoms with van der Waals surface area (Å²) in [6.07, 6.45) is 10.7. The second-order valence-electron chi connectivity index (χ2n) is 10.3. The van der Waals surface area contributed by atoms with Crippen molar-refractivity contribution in [2.24, 2.45) is 11.8 Å². The number of unbranched alkanes of at least 4 members (excludes halogenated alkanes) is 1. The summed E-state index contributed by atoms with van der Waals surface area (Å²) in [4.78, 5) is 27.9. The molecule has 1 aliphatic heterocycles. The van der Waals surface area contributed by atoms with Crippen LogP contribution in [0.5, 0.6) is 0 Å². The minimum absolute atomic E-state index is 0.0215. The van der Waals surface area contributed by atoms with Gasteiger partial charge in [0.15, 0.2) is 5.78 Å². The summed E-state index contributed by atoms with van der Waals surface area (Å²) in [6, 6.07) is 3.27. The van der Waals surface area contributed by atoms with Gasteiger partial charge in [-0.25, -0.2) is 8.78 Å². The Hall–Kier alpha value is -2.76. The van der Waals surface area contributed by atoms with E-state index < -0.39 is 11.6 Å². The van der Waals surface area contributed by atoms with Gasteiger partial charge in [0.05, 0.1) is 6.04 Å². The molecule has 196 valence electrons. The average Bonchev–Trinajstić information content (AvgIpc) is 3.23. The molecule has 2 unspecified atom stereocenters. The molecule has 0 bridgehead atoms. The van der Waals surface area contributed by atoms with E-state index in [2.05, 4.69) is 13.5 Å². The summed E-state index contributed by atoms with van der Waals surface area (Å²) in [5.74, 6) is -1.10. The first-order valence-electron chi connectivity index (χ1n) is 13.2. The monoisotopic (exact) mass is 499 g/mol. The van der Waals surface area contributed by atoms with Gasteiger partial charge in [0.1, 0.15) is 23.5 Å². The molecule has 1 saturated carbocycles. The standard InChI is InChI=1S/C30H39F2NO3/c1-6-8-9-10-21(29(34)19(3)4)13-20(5)36-27-16-23(17-27)30(35)33-26(7-2)11-12-28(33)22-14-24(31)18-25(32)15-22/h9-10,13-15,18-19,23,26-28H,5-8,11-12,16-17H2,1-4H3/b10-9-,21-13+. The molecule has 2 fully saturated rings. The van der Waals surface area contributed by atoms with Crippen molar-refractivity contribution in [2.45, 2.75) is 90.8 Å². The Morgan fingerprint density at radius 1 is 1.14 bits per heavy atom. The van der Waals surface area contributed by atoms with E-state index in [-0.39, 0.29) is 41.7 Å². The van der Waals surface area contributed by atoms with Gasteiger partial charge >= 0.3 is 0 Å². The van der Waals surface area contributed by atoms with Gasteiger partial charge in [0.2, 0.25) is 5.91 Å². The van der Waals surface area contributed by atoms with Crippen LogP contribution in [0.25, 0.3) is 0 Å². The number of carbonyl (C=O) groups excluding carboxylic acids is 2. The molecule has 4 nitrogen and oxygen atoms in total. The summed E-state index contributed by atoms with van der Waals surface area (Å²) in [7, 11) is 0. The third-order valence-corrected chi connectivity index (χ3v) is 7.14. The largest absolute Gasteiger partial charge is 0.491 e. The van der Waals surface area contributed by atoms with Gasteiger partial charge in [-0.2, -0.15) is 0 Å². The van der Waals surface area contributed by atoms with Crippen molar-refractivity contribution in [1.82, 2.24) is 4.90 Å². The van der Waals surface area contributed by atoms with Gasteiger partial charge in [0, 0.05) is 29.5 Å². The van der Waals surface area contributed by atoms with Crippen LogP contribution < -0.4 is 0 Å². The van der Waals surface area contributed by atoms with Crippen LogP contribution in [0.2, 0.25) is 0 Å². The predicted octanol–water partition coefficient (Wildman–Crippen LogP) is 7.22. The van der Waals surface area contributed by atoms with Gasteiger partial charge in [-0.1, -0.05) is 52.8 Å². The maximum atomic E-state index is 13.9. The van der Waals surface area contributed by atoms with Crippen LogP contribution in [0.4, 0.5) is 8.78 Å². The summed E-state index contributed by atoms with van der Waals surface area (Å²) in [6.45, 7) is 11.8. The molecule has 0 radical (unpaired) electrons. The highest BCUT2D eigenvalue weighted by Crippen LogP contribution is 2.42. The van der Waals surface area contributed by atoms with Gasteiger partial charge in [-0.05, 0) is 62.3 Å². The highest BCUT2D eigenvalue weighted by molar-refractivity contribution is 5.99. The van der Waals surface area contributed by atoms with Crippen molar-refractivity contribution in [3.63, 3.8) is 0 Å². The minimum Gasteiger partial charge on any atom is -0.491 e. The minimum atomic E-state index is -0.624. The van der Waals surface area contributed by atoms with Gasteiger partial charge in [0.25, 0.3) is 0 Å². The molecule has 3 rings (SSSR count).